The third kappa shape index (κ3) is 16.6. The van der Waals surface area contributed by atoms with Crippen LogP contribution in [0.4, 0.5) is 0 Å². The summed E-state index contributed by atoms with van der Waals surface area (Å²) >= 11 is 0. The van der Waals surface area contributed by atoms with Gasteiger partial charge in [0.2, 0.25) is 0 Å². The summed E-state index contributed by atoms with van der Waals surface area (Å²) in [7, 11) is 0. The van der Waals surface area contributed by atoms with Crippen molar-refractivity contribution in [3.63, 3.8) is 0 Å². The first-order valence-corrected chi connectivity index (χ1v) is 50.2. The molecule has 6 aromatic heterocycles. The van der Waals surface area contributed by atoms with Gasteiger partial charge >= 0.3 is 0 Å². The van der Waals surface area contributed by atoms with E-state index in [1.165, 1.54) is 105 Å². The number of nitrogens with zero attached hydrogens (tertiary/aromatic N) is 9. The van der Waals surface area contributed by atoms with Crippen LogP contribution < -0.4 is 0 Å². The highest BCUT2D eigenvalue weighted by atomic mass is 14.7. The van der Waals surface area contributed by atoms with Crippen LogP contribution in [-0.2, 0) is 0 Å². The molecule has 0 spiro atoms. The zero-order valence-corrected chi connectivity index (χ0v) is 81.1. The molecule has 0 aliphatic heterocycles. The lowest BCUT2D eigenvalue weighted by Crippen LogP contribution is -1.94. The van der Waals surface area contributed by atoms with E-state index >= 15 is 0 Å². The predicted octanol–water partition coefficient (Wildman–Crippen LogP) is 36.1. The van der Waals surface area contributed by atoms with E-state index in [1.54, 1.807) is 0 Å². The molecule has 0 radical (unpaired) electrons. The zero-order chi connectivity index (χ0) is 100. The maximum atomic E-state index is 9.57. The molecular weight excluding hydrogens is 1820 g/mol. The van der Waals surface area contributed by atoms with E-state index in [1.807, 2.05) is 128 Å². The molecule has 25 aromatic rings. The first-order chi connectivity index (χ1) is 74.2. The number of aromatic nitrogens is 6. The lowest BCUT2D eigenvalue weighted by Gasteiger charge is -2.16. The average molecular weight is 1910 g/mol. The van der Waals surface area contributed by atoms with E-state index in [4.69, 9.17) is 15.0 Å². The summed E-state index contributed by atoms with van der Waals surface area (Å²) in [4.78, 5) is 29.8. The Labute approximate surface area is 868 Å². The molecule has 9 heteroatoms. The Morgan fingerprint density at radius 2 is 0.300 bits per heavy atom. The Hall–Kier alpha value is -20.7. The van der Waals surface area contributed by atoms with Crippen molar-refractivity contribution in [2.45, 2.75) is 0 Å². The molecule has 3 aliphatic carbocycles. The first kappa shape index (κ1) is 89.4. The summed E-state index contributed by atoms with van der Waals surface area (Å²) in [5.74, 6) is 0. The summed E-state index contributed by atoms with van der Waals surface area (Å²) in [5.41, 5.74) is 50.3. The van der Waals surface area contributed by atoms with Gasteiger partial charge < -0.3 is 0 Å². The van der Waals surface area contributed by atoms with Gasteiger partial charge in [-0.3, -0.25) is 15.0 Å². The van der Waals surface area contributed by atoms with Crippen LogP contribution in [0, 0.1) is 34.0 Å². The molecule has 0 bridgehead atoms. The third-order valence-electron chi connectivity index (χ3n) is 29.2. The van der Waals surface area contributed by atoms with Crippen molar-refractivity contribution in [1.29, 1.82) is 15.8 Å². The lowest BCUT2D eigenvalue weighted by molar-refractivity contribution is 1.31. The van der Waals surface area contributed by atoms with Gasteiger partial charge in [-0.25, -0.2) is 15.0 Å². The number of nitriles is 3. The highest BCUT2D eigenvalue weighted by molar-refractivity contribution is 6.26. The second-order valence-corrected chi connectivity index (χ2v) is 37.8. The van der Waals surface area contributed by atoms with Crippen molar-refractivity contribution in [3.8, 4) is 264 Å². The molecule has 150 heavy (non-hydrogen) atoms. The minimum Gasteiger partial charge on any atom is -0.256 e. The molecule has 28 rings (SSSR count). The fourth-order valence-corrected chi connectivity index (χ4v) is 22.0. The van der Waals surface area contributed by atoms with Gasteiger partial charge in [0, 0.05) is 84.8 Å². The van der Waals surface area contributed by atoms with Gasteiger partial charge in [-0.15, -0.1) is 0 Å². The largest absolute Gasteiger partial charge is 0.256 e. The Balaban J connectivity index is 0.000000114. The van der Waals surface area contributed by atoms with Crippen molar-refractivity contribution in [2.24, 2.45) is 0 Å². The fourth-order valence-electron chi connectivity index (χ4n) is 22.0. The molecule has 0 amide bonds. The molecule has 0 saturated heterocycles. The molecule has 0 unspecified atom stereocenters. The molecular formula is C141H85N9. The van der Waals surface area contributed by atoms with Gasteiger partial charge in [-0.05, 0) is 270 Å². The van der Waals surface area contributed by atoms with E-state index in [2.05, 4.69) is 421 Å². The van der Waals surface area contributed by atoms with Crippen molar-refractivity contribution < 1.29 is 0 Å². The topological polar surface area (TPSA) is 149 Å². The van der Waals surface area contributed by atoms with Crippen molar-refractivity contribution in [2.75, 3.05) is 0 Å². The van der Waals surface area contributed by atoms with Gasteiger partial charge in [0.15, 0.2) is 0 Å². The van der Waals surface area contributed by atoms with Crippen LogP contribution in [0.15, 0.2) is 516 Å². The summed E-state index contributed by atoms with van der Waals surface area (Å²) in [6.07, 6.45) is 5.47. The minimum atomic E-state index is 0.638. The van der Waals surface area contributed by atoms with E-state index in [-0.39, 0.29) is 0 Å². The number of pyridine rings is 6. The monoisotopic (exact) mass is 1900 g/mol. The third-order valence-corrected chi connectivity index (χ3v) is 29.2. The summed E-state index contributed by atoms with van der Waals surface area (Å²) in [6.45, 7) is 0. The number of fused-ring (bicyclic) bond motifs is 9. The Morgan fingerprint density at radius 3 is 0.547 bits per heavy atom. The number of hydrogen-bond acceptors (Lipinski definition) is 9. The van der Waals surface area contributed by atoms with Crippen LogP contribution in [-0.4, -0.2) is 29.9 Å². The Kier molecular flexibility index (Phi) is 23.0. The van der Waals surface area contributed by atoms with Gasteiger partial charge in [-0.2, -0.15) is 15.8 Å². The van der Waals surface area contributed by atoms with E-state index in [0.29, 0.717) is 16.7 Å². The molecule has 6 heterocycles. The Morgan fingerprint density at radius 1 is 0.120 bits per heavy atom. The van der Waals surface area contributed by atoms with Crippen LogP contribution in [0.5, 0.6) is 0 Å². The molecule has 0 fully saturated rings. The lowest BCUT2D eigenvalue weighted by atomic mass is 9.89. The molecule has 0 atom stereocenters. The normalized spacial score (nSPS) is 11.3. The molecule has 0 saturated carbocycles. The van der Waals surface area contributed by atoms with E-state index in [0.717, 1.165) is 173 Å². The van der Waals surface area contributed by atoms with Gasteiger partial charge in [0.05, 0.1) is 86.1 Å². The second kappa shape index (κ2) is 38.5. The standard InChI is InChI=1S/C50H30N4.C46H28N2.C45H27N3/c51-31-32-11-13-34(14-12-32)39-23-24-42-40-7-1-2-8-41(40)43-25-26-44(49(39)50(42)43)48-30-38(33-15-17-35(18-16-33)45-9-3-5-27-52-45)29-47(54-48)37-21-19-36(20-22-37)46-10-4-6-28-53-46;47-29-30-15-17-34(18-16-30)37-23-24-40-38-13-7-8-14-39(38)41-25-26-42(45(37)46(40)41)44-28-36(27-43(48-44)35-11-5-2-6-12-35)33-21-19-32(20-22-33)31-9-3-1-4-10-31;46-28-29-13-15-31(16-14-29)35-21-22-38-36-10-4-5-11-37(36)39-23-24-40(44(35)45(38)39)43-27-34(26-42(48-43)32-8-2-1-3-9-32)30-17-19-33(20-18-30)41-12-6-7-25-47-41/h1-30H;1-28H;1-27H. The Bertz CT molecular complexity index is 9180. The number of hydrogen-bond donors (Lipinski definition) is 0. The zero-order valence-electron chi connectivity index (χ0n) is 81.1. The van der Waals surface area contributed by atoms with Crippen molar-refractivity contribution >= 4 is 32.3 Å². The van der Waals surface area contributed by atoms with Crippen LogP contribution >= 0.6 is 0 Å². The molecule has 19 aromatic carbocycles. The van der Waals surface area contributed by atoms with Crippen molar-refractivity contribution in [1.82, 2.24) is 29.9 Å². The molecule has 3 aliphatic rings. The fraction of sp³-hybridized carbons (Fsp3) is 0. The van der Waals surface area contributed by atoms with E-state index < -0.39 is 0 Å². The maximum absolute atomic E-state index is 9.57. The van der Waals surface area contributed by atoms with Gasteiger partial charge in [-0.1, -0.05) is 388 Å². The predicted molar refractivity (Wildman–Crippen MR) is 613 cm³/mol. The van der Waals surface area contributed by atoms with Crippen LogP contribution in [0.1, 0.15) is 16.7 Å². The quantitative estimate of drug-likeness (QED) is 0.0921. The smallest absolute Gasteiger partial charge is 0.0991 e. The number of rotatable bonds is 16. The van der Waals surface area contributed by atoms with Crippen LogP contribution in [0.25, 0.3) is 278 Å². The summed E-state index contributed by atoms with van der Waals surface area (Å²) in [6, 6.07) is 180. The molecule has 9 nitrogen and oxygen atoms in total. The van der Waals surface area contributed by atoms with Gasteiger partial charge in [0.25, 0.3) is 0 Å². The average Bonchev–Trinajstić information content (AvgIpc) is 1.57. The molecule has 0 N–H and O–H groups in total. The van der Waals surface area contributed by atoms with Crippen molar-refractivity contribution in [3.05, 3.63) is 533 Å². The molecule has 694 valence electrons. The van der Waals surface area contributed by atoms with Gasteiger partial charge in [0.1, 0.15) is 0 Å². The highest BCUT2D eigenvalue weighted by Gasteiger charge is 2.31. The summed E-state index contributed by atoms with van der Waals surface area (Å²) < 4.78 is 0. The van der Waals surface area contributed by atoms with Crippen LogP contribution in [0.2, 0.25) is 0 Å². The maximum Gasteiger partial charge on any atom is 0.0991 e. The highest BCUT2D eigenvalue weighted by Crippen LogP contribution is 2.57. The number of benzene rings is 19. The first-order valence-electron chi connectivity index (χ1n) is 50.2. The SMILES string of the molecule is N#Cc1ccc(-c2ccc3c4c(ccc(-c5cc(-c6ccc(-c7ccccc7)cc6)cc(-c6ccccc6)n5)c24)-c2ccccc2-3)cc1.N#Cc1ccc(-c2ccc3c4c(ccc(-c5cc(-c6ccc(-c7ccccn7)cc6)cc(-c6ccc(-c7ccccn7)cc6)n5)c24)-c2ccccc2-3)cc1.N#Cc1ccc(-c2ccc3c4c(ccc(-c5cc(-c6ccc(-c7ccccn7)cc6)cc(-c6ccccc6)n5)c24)-c2ccccc2-3)cc1. The van der Waals surface area contributed by atoms with E-state index in [9.17, 15) is 15.8 Å². The second-order valence-electron chi connectivity index (χ2n) is 37.8. The van der Waals surface area contributed by atoms with Crippen LogP contribution in [0.3, 0.4) is 0 Å². The minimum absolute atomic E-state index is 0.638. The summed E-state index contributed by atoms with van der Waals surface area (Å²) in [5, 5.41) is 35.8.